The van der Waals surface area contributed by atoms with E-state index in [4.69, 9.17) is 9.47 Å². The smallest absolute Gasteiger partial charge is 0.274 e. The Balaban J connectivity index is 1.27. The number of anilines is 1. The zero-order chi connectivity index (χ0) is 22.2. The minimum Gasteiger partial charge on any atom is -0.472 e. The molecule has 1 aromatic heterocycles. The van der Waals surface area contributed by atoms with Gasteiger partial charge < -0.3 is 14.8 Å². The Morgan fingerprint density at radius 2 is 1.88 bits per heavy atom. The highest BCUT2D eigenvalue weighted by atomic mass is 16.5. The van der Waals surface area contributed by atoms with E-state index in [2.05, 4.69) is 15.2 Å². The second-order valence-corrected chi connectivity index (χ2v) is 7.98. The van der Waals surface area contributed by atoms with Gasteiger partial charge in [-0.2, -0.15) is 0 Å². The van der Waals surface area contributed by atoms with E-state index in [1.807, 2.05) is 36.4 Å². The zero-order valence-corrected chi connectivity index (χ0v) is 18.2. The lowest BCUT2D eigenvalue weighted by molar-refractivity contribution is -0.127. The minimum atomic E-state index is -0.707. The Hall–Kier alpha value is -2.97. The van der Waals surface area contributed by atoms with Gasteiger partial charge in [0.05, 0.1) is 13.2 Å². The molecule has 2 amide bonds. The van der Waals surface area contributed by atoms with Crippen LogP contribution in [0, 0.1) is 0 Å². The van der Waals surface area contributed by atoms with Gasteiger partial charge in [0, 0.05) is 44.4 Å². The third kappa shape index (κ3) is 5.63. The van der Waals surface area contributed by atoms with Crippen LogP contribution >= 0.6 is 0 Å². The summed E-state index contributed by atoms with van der Waals surface area (Å²) in [4.78, 5) is 33.8. The number of nitrogens with one attached hydrogen (secondary N) is 1. The predicted molar refractivity (Wildman–Crippen MR) is 121 cm³/mol. The number of morpholine rings is 1. The number of benzene rings is 1. The van der Waals surface area contributed by atoms with Crippen molar-refractivity contribution in [3.05, 3.63) is 54.2 Å². The molecule has 1 aromatic carbocycles. The first kappa shape index (κ1) is 22.2. The number of pyridine rings is 1. The third-order valence-corrected chi connectivity index (χ3v) is 5.71. The van der Waals surface area contributed by atoms with Crippen LogP contribution in [0.3, 0.4) is 0 Å². The molecule has 2 aliphatic heterocycles. The van der Waals surface area contributed by atoms with Crippen LogP contribution in [0.1, 0.15) is 30.9 Å². The molecule has 2 aromatic rings. The molecule has 0 saturated carbocycles. The first-order valence-electron chi connectivity index (χ1n) is 11.3. The summed E-state index contributed by atoms with van der Waals surface area (Å²) in [5.74, 6) is 0.936. The Bertz CT molecular complexity index is 902. The molecule has 1 saturated heterocycles. The predicted octanol–water partition coefficient (Wildman–Crippen LogP) is 2.17. The average Bonchev–Trinajstić information content (AvgIpc) is 2.84. The number of amides is 2. The number of aromatic nitrogens is 1. The molecule has 0 unspecified atom stereocenters. The van der Waals surface area contributed by atoms with Crippen LogP contribution < -0.4 is 15.0 Å². The van der Waals surface area contributed by atoms with Crippen LogP contribution in [0.2, 0.25) is 0 Å². The fraction of sp³-hybridized carbons (Fsp3) is 0.458. The molecule has 32 heavy (non-hydrogen) atoms. The van der Waals surface area contributed by atoms with Crippen LogP contribution in [0.15, 0.2) is 48.7 Å². The number of nitrogens with zero attached hydrogens (tertiary/aromatic N) is 3. The minimum absolute atomic E-state index is 0.00791. The zero-order valence-electron chi connectivity index (χ0n) is 18.2. The fourth-order valence-electron chi connectivity index (χ4n) is 4.00. The maximum Gasteiger partial charge on any atom is 0.274 e. The maximum atomic E-state index is 13.2. The molecular formula is C24H30N4O4. The lowest BCUT2D eigenvalue weighted by atomic mass is 10.1. The monoisotopic (exact) mass is 438 g/mol. The van der Waals surface area contributed by atoms with Crippen molar-refractivity contribution in [2.45, 2.75) is 25.4 Å². The highest BCUT2D eigenvalue weighted by Gasteiger charge is 2.36. The van der Waals surface area contributed by atoms with Gasteiger partial charge >= 0.3 is 0 Å². The van der Waals surface area contributed by atoms with Crippen molar-refractivity contribution < 1.29 is 19.1 Å². The second kappa shape index (κ2) is 11.1. The van der Waals surface area contributed by atoms with E-state index in [1.165, 1.54) is 0 Å². The number of ether oxygens (including phenoxy) is 2. The largest absolute Gasteiger partial charge is 0.472 e. The molecule has 2 aliphatic rings. The van der Waals surface area contributed by atoms with Gasteiger partial charge in [-0.25, -0.2) is 4.98 Å². The van der Waals surface area contributed by atoms with Gasteiger partial charge in [-0.15, -0.1) is 0 Å². The van der Waals surface area contributed by atoms with E-state index in [1.54, 1.807) is 17.2 Å². The first-order valence-corrected chi connectivity index (χ1v) is 11.3. The summed E-state index contributed by atoms with van der Waals surface area (Å²) in [5, 5.41) is 2.98. The summed E-state index contributed by atoms with van der Waals surface area (Å²) < 4.78 is 11.3. The molecule has 0 bridgehead atoms. The van der Waals surface area contributed by atoms with E-state index < -0.39 is 6.10 Å². The Morgan fingerprint density at radius 1 is 1.06 bits per heavy atom. The van der Waals surface area contributed by atoms with Crippen molar-refractivity contribution in [2.75, 3.05) is 50.8 Å². The van der Waals surface area contributed by atoms with Crippen molar-refractivity contribution in [1.82, 2.24) is 15.2 Å². The third-order valence-electron chi connectivity index (χ3n) is 5.71. The summed E-state index contributed by atoms with van der Waals surface area (Å²) in [5.41, 5.74) is 0.801. The number of hydrogen-bond donors (Lipinski definition) is 1. The Morgan fingerprint density at radius 3 is 2.69 bits per heavy atom. The number of fused-ring (bicyclic) bond motifs is 1. The van der Waals surface area contributed by atoms with Gasteiger partial charge in [0.25, 0.3) is 5.91 Å². The molecule has 1 fully saturated rings. The number of carbonyl (C=O) groups is 2. The fourth-order valence-corrected chi connectivity index (χ4v) is 4.00. The normalized spacial score (nSPS) is 18.7. The summed E-state index contributed by atoms with van der Waals surface area (Å²) in [6.07, 6.45) is 2.77. The average molecular weight is 439 g/mol. The van der Waals surface area contributed by atoms with Crippen molar-refractivity contribution in [3.8, 4) is 5.75 Å². The molecule has 4 rings (SSSR count). The van der Waals surface area contributed by atoms with Crippen molar-refractivity contribution >= 4 is 17.6 Å². The molecule has 0 spiro atoms. The molecule has 0 radical (unpaired) electrons. The van der Waals surface area contributed by atoms with Gasteiger partial charge in [0.1, 0.15) is 0 Å². The van der Waals surface area contributed by atoms with Crippen molar-refractivity contribution in [3.63, 3.8) is 0 Å². The molecule has 0 aliphatic carbocycles. The number of carbonyl (C=O) groups excluding carboxylic acids is 2. The Kier molecular flexibility index (Phi) is 7.68. The SMILES string of the molecule is O=C(CCCN1C(=O)[C@@H](c2ccccc2)Oc2cccnc21)NCCCN1CCOCC1. The van der Waals surface area contributed by atoms with Gasteiger partial charge in [0.15, 0.2) is 11.6 Å². The molecule has 1 atom stereocenters. The summed E-state index contributed by atoms with van der Waals surface area (Å²) in [6.45, 7) is 5.53. The molecule has 170 valence electrons. The second-order valence-electron chi connectivity index (χ2n) is 7.98. The summed E-state index contributed by atoms with van der Waals surface area (Å²) >= 11 is 0. The number of rotatable bonds is 9. The topological polar surface area (TPSA) is 84.0 Å². The Labute approximate surface area is 188 Å². The summed E-state index contributed by atoms with van der Waals surface area (Å²) in [7, 11) is 0. The number of hydrogen-bond acceptors (Lipinski definition) is 6. The molecule has 3 heterocycles. The van der Waals surface area contributed by atoms with Crippen LogP contribution in [-0.2, 0) is 14.3 Å². The standard InChI is InChI=1S/C24H30N4O4/c29-21(25-12-6-13-27-15-17-31-18-16-27)10-5-14-28-23-20(9-4-11-26-23)32-22(24(28)30)19-7-2-1-3-8-19/h1-4,7-9,11,22H,5-6,10,12-18H2,(H,25,29)/t22-/m1/s1. The molecule has 1 N–H and O–H groups in total. The van der Waals surface area contributed by atoms with Gasteiger partial charge in [-0.3, -0.25) is 19.4 Å². The molecular weight excluding hydrogens is 408 g/mol. The quantitative estimate of drug-likeness (QED) is 0.604. The van der Waals surface area contributed by atoms with Crippen LogP contribution in [0.25, 0.3) is 0 Å². The van der Waals surface area contributed by atoms with E-state index in [-0.39, 0.29) is 11.8 Å². The van der Waals surface area contributed by atoms with E-state index in [0.29, 0.717) is 37.5 Å². The highest BCUT2D eigenvalue weighted by molar-refractivity contribution is 5.99. The van der Waals surface area contributed by atoms with E-state index in [9.17, 15) is 9.59 Å². The lowest BCUT2D eigenvalue weighted by Crippen LogP contribution is -2.42. The van der Waals surface area contributed by atoms with Gasteiger partial charge in [-0.1, -0.05) is 30.3 Å². The van der Waals surface area contributed by atoms with Crippen molar-refractivity contribution in [1.29, 1.82) is 0 Å². The van der Waals surface area contributed by atoms with Gasteiger partial charge in [0.2, 0.25) is 12.0 Å². The van der Waals surface area contributed by atoms with Crippen molar-refractivity contribution in [2.24, 2.45) is 0 Å². The molecule has 8 nitrogen and oxygen atoms in total. The first-order chi connectivity index (χ1) is 15.7. The maximum absolute atomic E-state index is 13.2. The van der Waals surface area contributed by atoms with E-state index in [0.717, 1.165) is 44.8 Å². The van der Waals surface area contributed by atoms with Crippen LogP contribution in [-0.4, -0.2) is 67.6 Å². The highest BCUT2D eigenvalue weighted by Crippen LogP contribution is 2.37. The van der Waals surface area contributed by atoms with Crippen LogP contribution in [0.4, 0.5) is 5.82 Å². The van der Waals surface area contributed by atoms with Crippen LogP contribution in [0.5, 0.6) is 5.75 Å². The summed E-state index contributed by atoms with van der Waals surface area (Å²) in [6, 6.07) is 13.1. The lowest BCUT2D eigenvalue weighted by Gasteiger charge is -2.33. The van der Waals surface area contributed by atoms with E-state index >= 15 is 0 Å². The van der Waals surface area contributed by atoms with Gasteiger partial charge in [-0.05, 0) is 31.5 Å². The molecule has 8 heteroatoms.